The molecule has 4 nitrogen and oxygen atoms in total. The second-order valence-electron chi connectivity index (χ2n) is 4.78. The maximum Gasteiger partial charge on any atom is 0.289 e. The van der Waals surface area contributed by atoms with Crippen LogP contribution in [0.3, 0.4) is 0 Å². The highest BCUT2D eigenvalue weighted by Crippen LogP contribution is 2.11. The minimum Gasteiger partial charge on any atom is -0.266 e. The van der Waals surface area contributed by atoms with Crippen LogP contribution in [-0.4, -0.2) is 16.6 Å². The first-order valence-electron chi connectivity index (χ1n) is 6.90. The van der Waals surface area contributed by atoms with E-state index in [1.54, 1.807) is 6.07 Å². The molecule has 1 N–H and O–H groups in total. The maximum atomic E-state index is 12.0. The van der Waals surface area contributed by atoms with Gasteiger partial charge in [0, 0.05) is 11.1 Å². The van der Waals surface area contributed by atoms with Gasteiger partial charge in [-0.2, -0.15) is 5.10 Å². The summed E-state index contributed by atoms with van der Waals surface area (Å²) in [6.45, 7) is 4.05. The molecule has 4 heteroatoms. The number of carbonyl (C=O) groups is 1. The van der Waals surface area contributed by atoms with Crippen LogP contribution >= 0.6 is 0 Å². The number of carbonyl (C=O) groups excluding carboxylic acids is 1. The second kappa shape index (κ2) is 6.80. The summed E-state index contributed by atoms with van der Waals surface area (Å²) in [5.74, 6) is -0.272. The molecule has 20 heavy (non-hydrogen) atoms. The van der Waals surface area contributed by atoms with Crippen molar-refractivity contribution in [2.45, 2.75) is 33.1 Å². The second-order valence-corrected chi connectivity index (χ2v) is 4.78. The predicted octanol–water partition coefficient (Wildman–Crippen LogP) is 3.53. The number of aromatic nitrogens is 1. The molecular weight excluding hydrogens is 250 g/mol. The van der Waals surface area contributed by atoms with E-state index in [0.29, 0.717) is 5.69 Å². The van der Waals surface area contributed by atoms with Crippen LogP contribution in [0.1, 0.15) is 43.6 Å². The van der Waals surface area contributed by atoms with Gasteiger partial charge >= 0.3 is 0 Å². The predicted molar refractivity (Wildman–Crippen MR) is 81.8 cm³/mol. The number of amides is 1. The molecule has 0 atom stereocenters. The molecule has 1 amide bonds. The van der Waals surface area contributed by atoms with Crippen molar-refractivity contribution in [3.05, 3.63) is 42.1 Å². The smallest absolute Gasteiger partial charge is 0.266 e. The fourth-order valence-corrected chi connectivity index (χ4v) is 1.88. The molecule has 0 aliphatic heterocycles. The molecule has 0 fully saturated rings. The van der Waals surface area contributed by atoms with Gasteiger partial charge in [0.05, 0.1) is 5.52 Å². The molecule has 0 aliphatic rings. The lowest BCUT2D eigenvalue weighted by Crippen LogP contribution is -2.20. The Labute approximate surface area is 118 Å². The van der Waals surface area contributed by atoms with Crippen molar-refractivity contribution in [1.29, 1.82) is 0 Å². The molecule has 0 saturated carbocycles. The van der Waals surface area contributed by atoms with E-state index in [0.717, 1.165) is 35.9 Å². The number of hydrogen-bond donors (Lipinski definition) is 1. The van der Waals surface area contributed by atoms with Crippen molar-refractivity contribution in [2.24, 2.45) is 5.10 Å². The number of fused-ring (bicyclic) bond motifs is 1. The molecule has 2 aromatic rings. The van der Waals surface area contributed by atoms with E-state index in [2.05, 4.69) is 22.4 Å². The van der Waals surface area contributed by atoms with E-state index >= 15 is 0 Å². The molecule has 0 radical (unpaired) electrons. The Balaban J connectivity index is 2.07. The number of pyridine rings is 1. The highest BCUT2D eigenvalue weighted by molar-refractivity contribution is 5.95. The standard InChI is InChI=1S/C16H19N3O/c1-3-4-7-12(2)18-19-16(20)15-11-10-13-8-5-6-9-14(13)17-15/h5-6,8-11H,3-4,7H2,1-2H3,(H,19,20)/b18-12+. The van der Waals surface area contributed by atoms with Crippen LogP contribution in [0.4, 0.5) is 0 Å². The van der Waals surface area contributed by atoms with Gasteiger partial charge in [0.1, 0.15) is 5.69 Å². The third-order valence-corrected chi connectivity index (χ3v) is 3.07. The van der Waals surface area contributed by atoms with Crippen molar-refractivity contribution < 1.29 is 4.79 Å². The van der Waals surface area contributed by atoms with Gasteiger partial charge in [0.25, 0.3) is 5.91 Å². The molecule has 0 spiro atoms. The zero-order valence-corrected chi connectivity index (χ0v) is 11.9. The summed E-state index contributed by atoms with van der Waals surface area (Å²) in [7, 11) is 0. The fraction of sp³-hybridized carbons (Fsp3) is 0.312. The number of nitrogens with zero attached hydrogens (tertiary/aromatic N) is 2. The van der Waals surface area contributed by atoms with Crippen LogP contribution in [0.2, 0.25) is 0 Å². The van der Waals surface area contributed by atoms with E-state index in [9.17, 15) is 4.79 Å². The molecule has 0 unspecified atom stereocenters. The van der Waals surface area contributed by atoms with Gasteiger partial charge in [-0.3, -0.25) is 4.79 Å². The van der Waals surface area contributed by atoms with Crippen LogP contribution in [0.15, 0.2) is 41.5 Å². The Hall–Kier alpha value is -2.23. The number of para-hydroxylation sites is 1. The first-order valence-corrected chi connectivity index (χ1v) is 6.90. The monoisotopic (exact) mass is 269 g/mol. The third-order valence-electron chi connectivity index (χ3n) is 3.07. The number of benzene rings is 1. The maximum absolute atomic E-state index is 12.0. The summed E-state index contributed by atoms with van der Waals surface area (Å²) in [4.78, 5) is 16.3. The summed E-state index contributed by atoms with van der Waals surface area (Å²) < 4.78 is 0. The molecule has 1 heterocycles. The van der Waals surface area contributed by atoms with Gasteiger partial charge in [-0.1, -0.05) is 37.6 Å². The number of hydrogen-bond acceptors (Lipinski definition) is 3. The summed E-state index contributed by atoms with van der Waals surface area (Å²) in [6.07, 6.45) is 3.11. The minimum atomic E-state index is -0.272. The fourth-order valence-electron chi connectivity index (χ4n) is 1.88. The largest absolute Gasteiger partial charge is 0.289 e. The van der Waals surface area contributed by atoms with Crippen LogP contribution in [0, 0.1) is 0 Å². The van der Waals surface area contributed by atoms with Gasteiger partial charge in [-0.05, 0) is 31.9 Å². The number of rotatable bonds is 5. The first kappa shape index (κ1) is 14.2. The molecule has 0 bridgehead atoms. The Morgan fingerprint density at radius 3 is 2.85 bits per heavy atom. The SMILES string of the molecule is CCCC/C(C)=N/NC(=O)c1ccc2ccccc2n1. The molecule has 1 aromatic heterocycles. The zero-order valence-electron chi connectivity index (χ0n) is 11.9. The van der Waals surface area contributed by atoms with E-state index in [4.69, 9.17) is 0 Å². The average molecular weight is 269 g/mol. The average Bonchev–Trinajstić information content (AvgIpc) is 2.50. The van der Waals surface area contributed by atoms with Crippen LogP contribution in [0.5, 0.6) is 0 Å². The Kier molecular flexibility index (Phi) is 4.82. The van der Waals surface area contributed by atoms with Crippen LogP contribution in [0.25, 0.3) is 10.9 Å². The van der Waals surface area contributed by atoms with E-state index < -0.39 is 0 Å². The minimum absolute atomic E-state index is 0.272. The lowest BCUT2D eigenvalue weighted by atomic mass is 10.2. The Morgan fingerprint density at radius 2 is 2.05 bits per heavy atom. The van der Waals surface area contributed by atoms with E-state index in [-0.39, 0.29) is 5.91 Å². The highest BCUT2D eigenvalue weighted by Gasteiger charge is 2.07. The Morgan fingerprint density at radius 1 is 1.25 bits per heavy atom. The number of nitrogens with one attached hydrogen (secondary N) is 1. The van der Waals surface area contributed by atoms with E-state index in [1.165, 1.54) is 0 Å². The number of hydrazone groups is 1. The summed E-state index contributed by atoms with van der Waals surface area (Å²) >= 11 is 0. The summed E-state index contributed by atoms with van der Waals surface area (Å²) in [5, 5.41) is 5.12. The molecule has 2 rings (SSSR count). The van der Waals surface area contributed by atoms with Crippen LogP contribution in [-0.2, 0) is 0 Å². The lowest BCUT2D eigenvalue weighted by molar-refractivity contribution is 0.0950. The molecular formula is C16H19N3O. The number of unbranched alkanes of at least 4 members (excludes halogenated alkanes) is 1. The van der Waals surface area contributed by atoms with Gasteiger partial charge in [0.15, 0.2) is 0 Å². The van der Waals surface area contributed by atoms with Crippen molar-refractivity contribution in [1.82, 2.24) is 10.4 Å². The van der Waals surface area contributed by atoms with E-state index in [1.807, 2.05) is 37.3 Å². The summed E-state index contributed by atoms with van der Waals surface area (Å²) in [6, 6.07) is 11.3. The first-order chi connectivity index (χ1) is 9.70. The molecule has 1 aromatic carbocycles. The lowest BCUT2D eigenvalue weighted by Gasteiger charge is -2.03. The third kappa shape index (κ3) is 3.63. The van der Waals surface area contributed by atoms with Crippen molar-refractivity contribution in [3.8, 4) is 0 Å². The van der Waals surface area contributed by atoms with Crippen LogP contribution < -0.4 is 5.43 Å². The van der Waals surface area contributed by atoms with Crippen molar-refractivity contribution in [3.63, 3.8) is 0 Å². The zero-order chi connectivity index (χ0) is 14.4. The van der Waals surface area contributed by atoms with Gasteiger partial charge in [0.2, 0.25) is 0 Å². The topological polar surface area (TPSA) is 54.4 Å². The quantitative estimate of drug-likeness (QED) is 0.667. The molecule has 0 aliphatic carbocycles. The summed E-state index contributed by atoms with van der Waals surface area (Å²) in [5.41, 5.74) is 4.69. The van der Waals surface area contributed by atoms with Crippen molar-refractivity contribution in [2.75, 3.05) is 0 Å². The highest BCUT2D eigenvalue weighted by atomic mass is 16.2. The van der Waals surface area contributed by atoms with Gasteiger partial charge in [-0.15, -0.1) is 0 Å². The molecule has 0 saturated heterocycles. The van der Waals surface area contributed by atoms with Crippen molar-refractivity contribution >= 4 is 22.5 Å². The van der Waals surface area contributed by atoms with Gasteiger partial charge < -0.3 is 0 Å². The van der Waals surface area contributed by atoms with Gasteiger partial charge in [-0.25, -0.2) is 10.4 Å². The Bertz CT molecular complexity index is 634. The molecule has 104 valence electrons. The normalized spacial score (nSPS) is 11.6.